The van der Waals surface area contributed by atoms with E-state index in [4.69, 9.17) is 11.6 Å². The summed E-state index contributed by atoms with van der Waals surface area (Å²) in [5.41, 5.74) is 6.82. The lowest BCUT2D eigenvalue weighted by atomic mass is 10.6. The molecular weight excluding hydrogens is 130 g/mol. The molecule has 0 radical (unpaired) electrons. The SMILES string of the molecule is Nc1cn(N)n2ccnc12. The second kappa shape index (κ2) is 1.44. The fourth-order valence-electron chi connectivity index (χ4n) is 0.952. The first-order valence-electron chi connectivity index (χ1n) is 2.84. The van der Waals surface area contributed by atoms with Crippen LogP contribution >= 0.6 is 0 Å². The third-order valence-corrected chi connectivity index (χ3v) is 1.40. The van der Waals surface area contributed by atoms with Crippen molar-refractivity contribution < 1.29 is 0 Å². The van der Waals surface area contributed by atoms with Crippen molar-refractivity contribution >= 4 is 11.3 Å². The number of hydrogen-bond acceptors (Lipinski definition) is 3. The standard InChI is InChI=1S/C5H7N5/c6-4-3-10(7)9-2-1-8-5(4)9/h1-3H,6-7H2. The largest absolute Gasteiger partial charge is 0.394 e. The van der Waals surface area contributed by atoms with Crippen molar-refractivity contribution in [2.45, 2.75) is 0 Å². The number of nitrogen functional groups attached to an aromatic ring is 2. The van der Waals surface area contributed by atoms with Gasteiger partial charge in [-0.15, -0.1) is 0 Å². The minimum absolute atomic E-state index is 0.590. The predicted molar refractivity (Wildman–Crippen MR) is 37.7 cm³/mol. The van der Waals surface area contributed by atoms with E-state index >= 15 is 0 Å². The van der Waals surface area contributed by atoms with Gasteiger partial charge in [-0.25, -0.2) is 14.3 Å². The first kappa shape index (κ1) is 5.16. The number of aromatic nitrogens is 3. The smallest absolute Gasteiger partial charge is 0.178 e. The highest BCUT2D eigenvalue weighted by Gasteiger charge is 2.01. The molecule has 0 aliphatic heterocycles. The highest BCUT2D eigenvalue weighted by atomic mass is 15.5. The fraction of sp³-hybridized carbons (Fsp3) is 0. The first-order chi connectivity index (χ1) is 4.79. The lowest BCUT2D eigenvalue weighted by Crippen LogP contribution is -2.12. The van der Waals surface area contributed by atoms with Gasteiger partial charge < -0.3 is 11.6 Å². The molecule has 2 heterocycles. The number of hydrogen-bond donors (Lipinski definition) is 2. The third-order valence-electron chi connectivity index (χ3n) is 1.40. The topological polar surface area (TPSA) is 74.3 Å². The Morgan fingerprint density at radius 3 is 3.00 bits per heavy atom. The zero-order valence-corrected chi connectivity index (χ0v) is 5.23. The van der Waals surface area contributed by atoms with Crippen LogP contribution in [0.2, 0.25) is 0 Å². The molecule has 0 saturated heterocycles. The molecule has 2 aromatic rings. The molecule has 2 aromatic heterocycles. The van der Waals surface area contributed by atoms with Gasteiger partial charge in [0.25, 0.3) is 0 Å². The van der Waals surface area contributed by atoms with Crippen molar-refractivity contribution in [3.8, 4) is 0 Å². The van der Waals surface area contributed by atoms with Crippen LogP contribution in [-0.4, -0.2) is 14.3 Å². The van der Waals surface area contributed by atoms with Crippen molar-refractivity contribution in [3.63, 3.8) is 0 Å². The summed E-state index contributed by atoms with van der Waals surface area (Å²) < 4.78 is 1.66. The Balaban J connectivity index is 2.98. The maximum absolute atomic E-state index is 5.54. The van der Waals surface area contributed by atoms with E-state index in [-0.39, 0.29) is 0 Å². The van der Waals surface area contributed by atoms with Crippen LogP contribution in [0.25, 0.3) is 5.65 Å². The molecule has 0 aliphatic carbocycles. The number of anilines is 1. The lowest BCUT2D eigenvalue weighted by Gasteiger charge is -1.90. The average molecular weight is 137 g/mol. The van der Waals surface area contributed by atoms with E-state index in [1.807, 2.05) is 0 Å². The summed E-state index contributed by atoms with van der Waals surface area (Å²) in [4.78, 5) is 5.36. The Labute approximate surface area is 56.8 Å². The fourth-order valence-corrected chi connectivity index (χ4v) is 0.952. The van der Waals surface area contributed by atoms with Gasteiger partial charge in [-0.3, -0.25) is 0 Å². The number of fused-ring (bicyclic) bond motifs is 1. The zero-order valence-electron chi connectivity index (χ0n) is 5.23. The van der Waals surface area contributed by atoms with Gasteiger partial charge in [0.05, 0.1) is 11.9 Å². The predicted octanol–water partition coefficient (Wildman–Crippen LogP) is -0.568. The van der Waals surface area contributed by atoms with E-state index in [0.29, 0.717) is 11.3 Å². The quantitative estimate of drug-likeness (QED) is 0.477. The van der Waals surface area contributed by atoms with Crippen molar-refractivity contribution in [2.75, 3.05) is 11.6 Å². The summed E-state index contributed by atoms with van der Waals surface area (Å²) in [5.74, 6) is 5.48. The molecule has 4 N–H and O–H groups in total. The summed E-state index contributed by atoms with van der Waals surface area (Å²) in [6.45, 7) is 0. The molecule has 0 saturated carbocycles. The normalized spacial score (nSPS) is 10.8. The van der Waals surface area contributed by atoms with Gasteiger partial charge in [0, 0.05) is 12.4 Å². The van der Waals surface area contributed by atoms with E-state index < -0.39 is 0 Å². The molecule has 0 bridgehead atoms. The van der Waals surface area contributed by atoms with Gasteiger partial charge in [-0.1, -0.05) is 0 Å². The van der Waals surface area contributed by atoms with Gasteiger partial charge in [0.15, 0.2) is 5.65 Å². The Morgan fingerprint density at radius 1 is 1.50 bits per heavy atom. The Kier molecular flexibility index (Phi) is 0.743. The van der Waals surface area contributed by atoms with Crippen LogP contribution in [-0.2, 0) is 0 Å². The van der Waals surface area contributed by atoms with Gasteiger partial charge in [-0.2, -0.15) is 0 Å². The Hall–Kier alpha value is -1.65. The molecule has 0 aliphatic rings. The summed E-state index contributed by atoms with van der Waals surface area (Å²) in [5, 5.41) is 0. The minimum atomic E-state index is 0.590. The lowest BCUT2D eigenvalue weighted by molar-refractivity contribution is 0.763. The van der Waals surface area contributed by atoms with E-state index in [1.54, 1.807) is 23.1 Å². The second-order valence-corrected chi connectivity index (χ2v) is 2.06. The van der Waals surface area contributed by atoms with Gasteiger partial charge >= 0.3 is 0 Å². The molecule has 5 nitrogen and oxygen atoms in total. The third kappa shape index (κ3) is 0.439. The van der Waals surface area contributed by atoms with Crippen molar-refractivity contribution in [3.05, 3.63) is 18.6 Å². The van der Waals surface area contributed by atoms with Crippen LogP contribution in [0, 0.1) is 0 Å². The number of nitrogens with zero attached hydrogens (tertiary/aromatic N) is 3. The summed E-state index contributed by atoms with van der Waals surface area (Å²) in [7, 11) is 0. The molecule has 0 amide bonds. The highest BCUT2D eigenvalue weighted by Crippen LogP contribution is 2.09. The van der Waals surface area contributed by atoms with E-state index in [9.17, 15) is 0 Å². The van der Waals surface area contributed by atoms with Gasteiger partial charge in [0.2, 0.25) is 0 Å². The molecule has 0 unspecified atom stereocenters. The van der Waals surface area contributed by atoms with Crippen molar-refractivity contribution in [1.29, 1.82) is 0 Å². The van der Waals surface area contributed by atoms with Crippen LogP contribution in [0.5, 0.6) is 0 Å². The average Bonchev–Trinajstić information content (AvgIpc) is 2.39. The van der Waals surface area contributed by atoms with E-state index in [1.165, 1.54) is 4.79 Å². The molecule has 0 spiro atoms. The second-order valence-electron chi connectivity index (χ2n) is 2.06. The maximum atomic E-state index is 5.54. The van der Waals surface area contributed by atoms with Crippen LogP contribution < -0.4 is 11.6 Å². The maximum Gasteiger partial charge on any atom is 0.178 e. The molecule has 52 valence electrons. The molecule has 0 atom stereocenters. The monoisotopic (exact) mass is 137 g/mol. The zero-order chi connectivity index (χ0) is 7.14. The van der Waals surface area contributed by atoms with Crippen molar-refractivity contribution in [1.82, 2.24) is 14.3 Å². The minimum Gasteiger partial charge on any atom is -0.394 e. The molecule has 2 rings (SSSR count). The summed E-state index contributed by atoms with van der Waals surface area (Å²) in [6, 6.07) is 0. The number of rotatable bonds is 0. The summed E-state index contributed by atoms with van der Waals surface area (Å²) >= 11 is 0. The number of imidazole rings is 1. The van der Waals surface area contributed by atoms with Crippen molar-refractivity contribution in [2.24, 2.45) is 0 Å². The molecule has 5 heteroatoms. The van der Waals surface area contributed by atoms with Gasteiger partial charge in [-0.05, 0) is 0 Å². The molecule has 0 aromatic carbocycles. The molecule has 0 fully saturated rings. The highest BCUT2D eigenvalue weighted by molar-refractivity contribution is 5.63. The molecular formula is C5H7N5. The summed E-state index contributed by atoms with van der Waals surface area (Å²) in [6.07, 6.45) is 5.00. The molecule has 10 heavy (non-hydrogen) atoms. The van der Waals surface area contributed by atoms with Gasteiger partial charge in [0.1, 0.15) is 0 Å². The van der Waals surface area contributed by atoms with E-state index in [0.717, 1.165) is 0 Å². The van der Waals surface area contributed by atoms with E-state index in [2.05, 4.69) is 4.98 Å². The Morgan fingerprint density at radius 2 is 2.30 bits per heavy atom. The number of nitrogens with two attached hydrogens (primary N) is 2. The van der Waals surface area contributed by atoms with Crippen LogP contribution in [0.1, 0.15) is 0 Å². The van der Waals surface area contributed by atoms with Crippen LogP contribution in [0.3, 0.4) is 0 Å². The van der Waals surface area contributed by atoms with Crippen LogP contribution in [0.4, 0.5) is 5.69 Å². The Bertz CT molecular complexity index is 325. The first-order valence-corrected chi connectivity index (χ1v) is 2.84. The van der Waals surface area contributed by atoms with Crippen LogP contribution in [0.15, 0.2) is 18.6 Å².